The molecule has 0 aromatic heterocycles. The van der Waals surface area contributed by atoms with Crippen molar-refractivity contribution >= 4 is 6.47 Å². The third-order valence-corrected chi connectivity index (χ3v) is 0. The van der Waals surface area contributed by atoms with E-state index in [1.807, 2.05) is 0 Å². The van der Waals surface area contributed by atoms with Crippen LogP contribution in [-0.4, -0.2) is 11.6 Å². The Balaban J connectivity index is 0. The van der Waals surface area contributed by atoms with E-state index in [0.717, 1.165) is 0 Å². The maximum absolute atomic E-state index is 8.36. The van der Waals surface area contributed by atoms with Gasteiger partial charge in [-0.1, -0.05) is 0 Å². The maximum Gasteiger partial charge on any atom is 0.290 e. The van der Waals surface area contributed by atoms with Crippen LogP contribution in [0.1, 0.15) is 0 Å². The van der Waals surface area contributed by atoms with Crippen molar-refractivity contribution in [3.8, 4) is 0 Å². The molecule has 1 N–H and O–H groups in total. The van der Waals surface area contributed by atoms with Crippen LogP contribution >= 0.6 is 0 Å². The van der Waals surface area contributed by atoms with Crippen LogP contribution in [0.4, 0.5) is 0 Å². The molecular weight excluding hydrogens is 184 g/mol. The molecule has 0 unspecified atom stereocenters. The average Bonchev–Trinajstić information content (AvgIpc) is 0.918. The first-order chi connectivity index (χ1) is 1.41. The first-order valence-electron chi connectivity index (χ1n) is 0.494. The van der Waals surface area contributed by atoms with Crippen molar-refractivity contribution < 1.29 is 51.6 Å². The maximum atomic E-state index is 8.36. The molecule has 0 amide bonds. The second kappa shape index (κ2) is 9.14. The minimum Gasteiger partial charge on any atom is -0.483 e. The van der Waals surface area contributed by atoms with Crippen LogP contribution in [0.25, 0.3) is 0 Å². The van der Waals surface area contributed by atoms with E-state index < -0.39 is 0 Å². The Morgan fingerprint density at radius 3 is 1.75 bits per heavy atom. The smallest absolute Gasteiger partial charge is 0.290 e. The van der Waals surface area contributed by atoms with Crippen LogP contribution in [0.15, 0.2) is 0 Å². The Bertz CT molecular complexity index is 13.5. The predicted molar refractivity (Wildman–Crippen MR) is 8.69 cm³/mol. The summed E-state index contributed by atoms with van der Waals surface area (Å²) in [7, 11) is 0. The molecule has 0 saturated carbocycles. The molecule has 0 rings (SSSR count). The van der Waals surface area contributed by atoms with Gasteiger partial charge in [0.2, 0.25) is 0 Å². The minimum atomic E-state index is -0.250. The van der Waals surface area contributed by atoms with E-state index in [1.165, 1.54) is 0 Å². The zero-order valence-electron chi connectivity index (χ0n) is 1.93. The molecule has 0 atom stereocenters. The quantitative estimate of drug-likeness (QED) is 0.527. The number of carboxylic acid groups (broad SMARTS) is 1. The largest absolute Gasteiger partial charge is 0.483 e. The molecule has 0 saturated heterocycles. The second-order valence-electron chi connectivity index (χ2n) is 0.105. The molecule has 0 aromatic rings. The van der Waals surface area contributed by atoms with Gasteiger partial charge in [0.25, 0.3) is 6.47 Å². The molecule has 0 spiro atoms. The van der Waals surface area contributed by atoms with Gasteiger partial charge >= 0.3 is 0 Å². The van der Waals surface area contributed by atoms with Crippen molar-refractivity contribution in [2.75, 3.05) is 0 Å². The van der Waals surface area contributed by atoms with Crippen LogP contribution in [0.5, 0.6) is 0 Å². The fourth-order valence-corrected chi connectivity index (χ4v) is 0. The zero-order valence-corrected chi connectivity index (χ0v) is 5.07. The predicted octanol–water partition coefficient (Wildman–Crippen LogP) is -0.299. The van der Waals surface area contributed by atoms with E-state index in [9.17, 15) is 0 Å². The van der Waals surface area contributed by atoms with Gasteiger partial charge in [0.05, 0.1) is 0 Å². The van der Waals surface area contributed by atoms with Gasteiger partial charge < -0.3 is 5.11 Å². The summed E-state index contributed by atoms with van der Waals surface area (Å²) in [6.07, 6.45) is 0. The molecule has 0 aromatic carbocycles. The van der Waals surface area contributed by atoms with Gasteiger partial charge in [0.15, 0.2) is 0 Å². The minimum absolute atomic E-state index is 0. The summed E-state index contributed by atoms with van der Waals surface area (Å²) in [6.45, 7) is -0.250. The molecule has 0 aliphatic heterocycles. The molecular formula is CH2CeO2. The summed E-state index contributed by atoms with van der Waals surface area (Å²) in [4.78, 5) is 8.36. The Morgan fingerprint density at radius 2 is 1.75 bits per heavy atom. The van der Waals surface area contributed by atoms with Gasteiger partial charge in [0, 0.05) is 41.7 Å². The van der Waals surface area contributed by atoms with E-state index in [4.69, 9.17) is 9.90 Å². The van der Waals surface area contributed by atoms with Gasteiger partial charge in [0.1, 0.15) is 0 Å². The van der Waals surface area contributed by atoms with Gasteiger partial charge in [-0.05, 0) is 0 Å². The molecule has 2 nitrogen and oxygen atoms in total. The Kier molecular flexibility index (Phi) is 20.2. The monoisotopic (exact) mass is 186 g/mol. The number of carbonyl (C=O) groups is 1. The topological polar surface area (TPSA) is 37.3 Å². The van der Waals surface area contributed by atoms with Crippen molar-refractivity contribution in [3.05, 3.63) is 0 Å². The summed E-state index contributed by atoms with van der Waals surface area (Å²) in [6, 6.07) is 0. The van der Waals surface area contributed by atoms with Gasteiger partial charge in [-0.2, -0.15) is 0 Å². The van der Waals surface area contributed by atoms with Crippen LogP contribution < -0.4 is 0 Å². The van der Waals surface area contributed by atoms with Crippen molar-refractivity contribution in [1.29, 1.82) is 0 Å². The molecule has 0 bridgehead atoms. The molecule has 0 heterocycles. The third kappa shape index (κ3) is 13.5. The SMILES string of the molecule is O=CO.[Ce]. The van der Waals surface area contributed by atoms with Crippen LogP contribution in [0.3, 0.4) is 0 Å². The zero-order chi connectivity index (χ0) is 2.71. The molecule has 22 valence electrons. The Labute approximate surface area is 57.6 Å². The summed E-state index contributed by atoms with van der Waals surface area (Å²) >= 11 is 0. The summed E-state index contributed by atoms with van der Waals surface area (Å²) < 4.78 is 0. The van der Waals surface area contributed by atoms with Crippen LogP contribution in [-0.2, 0) is 4.79 Å². The summed E-state index contributed by atoms with van der Waals surface area (Å²) in [5.74, 6) is 0. The third-order valence-electron chi connectivity index (χ3n) is 0. The van der Waals surface area contributed by atoms with Crippen molar-refractivity contribution in [3.63, 3.8) is 0 Å². The molecule has 0 fully saturated rings. The average molecular weight is 186 g/mol. The molecule has 0 radical (unpaired) electrons. The van der Waals surface area contributed by atoms with E-state index in [2.05, 4.69) is 0 Å². The van der Waals surface area contributed by atoms with Gasteiger partial charge in [-0.15, -0.1) is 0 Å². The van der Waals surface area contributed by atoms with Crippen molar-refractivity contribution in [2.45, 2.75) is 0 Å². The second-order valence-corrected chi connectivity index (χ2v) is 0.105. The van der Waals surface area contributed by atoms with E-state index in [0.29, 0.717) is 0 Å². The van der Waals surface area contributed by atoms with Gasteiger partial charge in [-0.3, -0.25) is 4.79 Å². The van der Waals surface area contributed by atoms with E-state index in [-0.39, 0.29) is 48.2 Å². The number of hydrogen-bond acceptors (Lipinski definition) is 1. The van der Waals surface area contributed by atoms with Crippen LogP contribution in [0, 0.1) is 41.7 Å². The molecule has 0 aliphatic carbocycles. The van der Waals surface area contributed by atoms with Crippen molar-refractivity contribution in [1.82, 2.24) is 0 Å². The Morgan fingerprint density at radius 1 is 1.75 bits per heavy atom. The number of rotatable bonds is 0. The fraction of sp³-hybridized carbons (Fsp3) is 0. The Hall–Kier alpha value is 0.847. The normalized spacial score (nSPS) is 3.00. The molecule has 3 heteroatoms. The molecule has 4 heavy (non-hydrogen) atoms. The number of hydrogen-bond donors (Lipinski definition) is 1. The first kappa shape index (κ1) is 8.85. The van der Waals surface area contributed by atoms with E-state index in [1.54, 1.807) is 0 Å². The van der Waals surface area contributed by atoms with Crippen LogP contribution in [0.2, 0.25) is 0 Å². The standard InChI is InChI=1S/CH2O2.Ce/c2-1-3;/h1H,(H,2,3);. The van der Waals surface area contributed by atoms with Gasteiger partial charge in [-0.25, -0.2) is 0 Å². The fourth-order valence-electron chi connectivity index (χ4n) is 0. The van der Waals surface area contributed by atoms with Crippen molar-refractivity contribution in [2.24, 2.45) is 0 Å². The summed E-state index contributed by atoms with van der Waals surface area (Å²) in [5, 5.41) is 6.89. The first-order valence-corrected chi connectivity index (χ1v) is 0.494. The van der Waals surface area contributed by atoms with E-state index >= 15 is 0 Å². The molecule has 0 aliphatic rings. The summed E-state index contributed by atoms with van der Waals surface area (Å²) in [5.41, 5.74) is 0.